The van der Waals surface area contributed by atoms with E-state index in [1.807, 2.05) is 47.2 Å². The van der Waals surface area contributed by atoms with E-state index in [1.165, 1.54) is 0 Å². The summed E-state index contributed by atoms with van der Waals surface area (Å²) in [5, 5.41) is 8.15. The average Bonchev–Trinajstić information content (AvgIpc) is 3.38. The number of anilines is 1. The molecule has 1 saturated heterocycles. The van der Waals surface area contributed by atoms with Gasteiger partial charge in [-0.05, 0) is 48.6 Å². The predicted octanol–water partition coefficient (Wildman–Crippen LogP) is 3.22. The molecule has 3 aromatic rings. The molecule has 5 rings (SSSR count). The molecule has 1 saturated carbocycles. The molecule has 2 fully saturated rings. The lowest BCUT2D eigenvalue weighted by atomic mass is 9.97. The molecule has 154 valence electrons. The van der Waals surface area contributed by atoms with E-state index in [4.69, 9.17) is 5.10 Å². The second-order valence-electron chi connectivity index (χ2n) is 8.29. The molecule has 7 heteroatoms. The maximum atomic E-state index is 12.5. The Hall–Kier alpha value is -3.22. The van der Waals surface area contributed by atoms with Crippen molar-refractivity contribution in [3.8, 4) is 11.1 Å². The van der Waals surface area contributed by atoms with Gasteiger partial charge < -0.3 is 10.2 Å². The summed E-state index contributed by atoms with van der Waals surface area (Å²) in [5.41, 5.74) is 4.40. The summed E-state index contributed by atoms with van der Waals surface area (Å²) >= 11 is 0. The Morgan fingerprint density at radius 1 is 1.23 bits per heavy atom. The molecule has 4 heterocycles. The van der Waals surface area contributed by atoms with E-state index in [2.05, 4.69) is 27.5 Å². The second kappa shape index (κ2) is 7.89. The molecule has 1 aliphatic carbocycles. The van der Waals surface area contributed by atoms with Gasteiger partial charge in [0.1, 0.15) is 5.82 Å². The molecule has 3 aromatic heterocycles. The van der Waals surface area contributed by atoms with E-state index >= 15 is 0 Å². The van der Waals surface area contributed by atoms with Gasteiger partial charge in [-0.25, -0.2) is 4.98 Å². The number of hydrogen-bond donors (Lipinski definition) is 1. The number of hydrogen-bond acceptors (Lipinski definition) is 5. The SMILES string of the molecule is Cn1cc(-c2ccnc(NCc3cccnc3)c2)c(C2CCN(C(=O)C3CC3)C2)n1. The van der Waals surface area contributed by atoms with E-state index in [-0.39, 0.29) is 11.8 Å². The van der Waals surface area contributed by atoms with Crippen LogP contribution in [-0.2, 0) is 18.4 Å². The molecule has 1 amide bonds. The average molecular weight is 403 g/mol. The van der Waals surface area contributed by atoms with Crippen molar-refractivity contribution in [3.63, 3.8) is 0 Å². The van der Waals surface area contributed by atoms with Crippen LogP contribution in [0.25, 0.3) is 11.1 Å². The zero-order chi connectivity index (χ0) is 20.5. The zero-order valence-corrected chi connectivity index (χ0v) is 17.2. The normalized spacial score (nSPS) is 18.6. The lowest BCUT2D eigenvalue weighted by molar-refractivity contribution is -0.131. The van der Waals surface area contributed by atoms with Crippen molar-refractivity contribution < 1.29 is 4.79 Å². The molecule has 0 bridgehead atoms. The van der Waals surface area contributed by atoms with E-state index in [0.29, 0.717) is 12.5 Å². The quantitative estimate of drug-likeness (QED) is 0.685. The summed E-state index contributed by atoms with van der Waals surface area (Å²) in [6, 6.07) is 8.07. The van der Waals surface area contributed by atoms with Crippen LogP contribution in [0, 0.1) is 5.92 Å². The van der Waals surface area contributed by atoms with Crippen LogP contribution in [0.4, 0.5) is 5.82 Å². The van der Waals surface area contributed by atoms with Gasteiger partial charge in [-0.3, -0.25) is 14.5 Å². The third-order valence-electron chi connectivity index (χ3n) is 5.94. The molecular weight excluding hydrogens is 376 g/mol. The first kappa shape index (κ1) is 18.8. The Balaban J connectivity index is 1.34. The van der Waals surface area contributed by atoms with Gasteiger partial charge in [-0.2, -0.15) is 5.10 Å². The zero-order valence-electron chi connectivity index (χ0n) is 17.2. The van der Waals surface area contributed by atoms with E-state index in [0.717, 1.165) is 60.6 Å². The van der Waals surface area contributed by atoms with Gasteiger partial charge in [0.15, 0.2) is 0 Å². The highest BCUT2D eigenvalue weighted by Crippen LogP contribution is 2.37. The van der Waals surface area contributed by atoms with Gasteiger partial charge in [-0.15, -0.1) is 0 Å². The highest BCUT2D eigenvalue weighted by atomic mass is 16.2. The minimum atomic E-state index is 0.278. The van der Waals surface area contributed by atoms with Crippen LogP contribution < -0.4 is 5.32 Å². The first-order valence-corrected chi connectivity index (χ1v) is 10.6. The van der Waals surface area contributed by atoms with Crippen LogP contribution in [0.5, 0.6) is 0 Å². The standard InChI is InChI=1S/C23H26N6O/c1-28-15-20(22(27-28)19-7-10-29(14-19)23(30)17-4-5-17)18-6-9-25-21(11-18)26-13-16-3-2-8-24-12-16/h2-3,6,8-9,11-12,15,17,19H,4-5,7,10,13-14H2,1H3,(H,25,26). The van der Waals surface area contributed by atoms with Crippen LogP contribution in [-0.4, -0.2) is 43.6 Å². The number of nitrogens with one attached hydrogen (secondary N) is 1. The summed E-state index contributed by atoms with van der Waals surface area (Å²) in [4.78, 5) is 23.1. The molecule has 0 aromatic carbocycles. The Kier molecular flexibility index (Phi) is 4.94. The molecule has 0 spiro atoms. The number of nitrogens with zero attached hydrogens (tertiary/aromatic N) is 5. The van der Waals surface area contributed by atoms with Crippen molar-refractivity contribution in [2.75, 3.05) is 18.4 Å². The first-order chi connectivity index (χ1) is 14.7. The largest absolute Gasteiger partial charge is 0.366 e. The number of aromatic nitrogens is 4. The number of carbonyl (C=O) groups is 1. The van der Waals surface area contributed by atoms with Crippen molar-refractivity contribution >= 4 is 11.7 Å². The molecule has 1 aliphatic heterocycles. The third kappa shape index (κ3) is 3.92. The van der Waals surface area contributed by atoms with Crippen molar-refractivity contribution in [2.24, 2.45) is 13.0 Å². The minimum Gasteiger partial charge on any atom is -0.366 e. The fourth-order valence-corrected chi connectivity index (χ4v) is 4.19. The van der Waals surface area contributed by atoms with Gasteiger partial charge in [0, 0.05) is 68.9 Å². The molecule has 1 unspecified atom stereocenters. The fourth-order valence-electron chi connectivity index (χ4n) is 4.19. The Labute approximate surface area is 176 Å². The molecule has 2 aliphatic rings. The highest BCUT2D eigenvalue weighted by molar-refractivity contribution is 5.81. The topological polar surface area (TPSA) is 75.9 Å². The summed E-state index contributed by atoms with van der Waals surface area (Å²) in [6.45, 7) is 2.28. The second-order valence-corrected chi connectivity index (χ2v) is 8.29. The minimum absolute atomic E-state index is 0.278. The monoisotopic (exact) mass is 402 g/mol. The Morgan fingerprint density at radius 3 is 2.93 bits per heavy atom. The lowest BCUT2D eigenvalue weighted by Gasteiger charge is -2.16. The van der Waals surface area contributed by atoms with Gasteiger partial charge >= 0.3 is 0 Å². The number of amides is 1. The number of aryl methyl sites for hydroxylation is 1. The number of likely N-dealkylation sites (tertiary alicyclic amines) is 1. The molecule has 1 atom stereocenters. The molecule has 7 nitrogen and oxygen atoms in total. The Bertz CT molecular complexity index is 1040. The lowest BCUT2D eigenvalue weighted by Crippen LogP contribution is -2.29. The molecular formula is C23H26N6O. The summed E-state index contributed by atoms with van der Waals surface area (Å²) in [7, 11) is 1.96. The van der Waals surface area contributed by atoms with Crippen LogP contribution in [0.1, 0.15) is 36.4 Å². The van der Waals surface area contributed by atoms with Crippen molar-refractivity contribution in [1.29, 1.82) is 0 Å². The van der Waals surface area contributed by atoms with Gasteiger partial charge in [0.2, 0.25) is 5.91 Å². The summed E-state index contributed by atoms with van der Waals surface area (Å²) in [5.74, 6) is 1.72. The van der Waals surface area contributed by atoms with Crippen molar-refractivity contribution in [1.82, 2.24) is 24.6 Å². The van der Waals surface area contributed by atoms with Crippen molar-refractivity contribution in [3.05, 3.63) is 60.3 Å². The maximum Gasteiger partial charge on any atom is 0.225 e. The predicted molar refractivity (Wildman–Crippen MR) is 115 cm³/mol. The first-order valence-electron chi connectivity index (χ1n) is 10.6. The molecule has 1 N–H and O–H groups in total. The van der Waals surface area contributed by atoms with E-state index < -0.39 is 0 Å². The van der Waals surface area contributed by atoms with Crippen LogP contribution in [0.2, 0.25) is 0 Å². The van der Waals surface area contributed by atoms with Crippen LogP contribution >= 0.6 is 0 Å². The number of carbonyl (C=O) groups excluding carboxylic acids is 1. The summed E-state index contributed by atoms with van der Waals surface area (Å²) in [6.07, 6.45) is 10.6. The van der Waals surface area contributed by atoms with E-state index in [9.17, 15) is 4.79 Å². The van der Waals surface area contributed by atoms with Crippen LogP contribution in [0.3, 0.4) is 0 Å². The van der Waals surface area contributed by atoms with Gasteiger partial charge in [0.05, 0.1) is 5.69 Å². The number of rotatable bonds is 6. The van der Waals surface area contributed by atoms with Crippen molar-refractivity contribution in [2.45, 2.75) is 31.7 Å². The fraction of sp³-hybridized carbons (Fsp3) is 0.391. The van der Waals surface area contributed by atoms with Gasteiger partial charge in [-0.1, -0.05) is 6.07 Å². The number of pyridine rings is 2. The summed E-state index contributed by atoms with van der Waals surface area (Å²) < 4.78 is 1.87. The third-order valence-corrected chi connectivity index (χ3v) is 5.94. The Morgan fingerprint density at radius 2 is 2.13 bits per heavy atom. The smallest absolute Gasteiger partial charge is 0.225 e. The highest BCUT2D eigenvalue weighted by Gasteiger charge is 2.38. The molecule has 30 heavy (non-hydrogen) atoms. The maximum absolute atomic E-state index is 12.5. The van der Waals surface area contributed by atoms with Crippen LogP contribution in [0.15, 0.2) is 49.1 Å². The van der Waals surface area contributed by atoms with E-state index in [1.54, 1.807) is 6.20 Å². The van der Waals surface area contributed by atoms with Gasteiger partial charge in [0.25, 0.3) is 0 Å². The molecule has 0 radical (unpaired) electrons.